The lowest BCUT2D eigenvalue weighted by Gasteiger charge is -2.30. The lowest BCUT2D eigenvalue weighted by Crippen LogP contribution is -2.51. The Hall–Kier alpha value is -3.94. The Balaban J connectivity index is 1.45. The molecule has 2 aliphatic rings. The quantitative estimate of drug-likeness (QED) is 0.469. The van der Waals surface area contributed by atoms with Gasteiger partial charge in [-0.1, -0.05) is 44.2 Å². The number of carbonyl (C=O) groups is 4. The smallest absolute Gasteiger partial charge is 0.268 e. The van der Waals surface area contributed by atoms with Crippen molar-refractivity contribution in [1.29, 1.82) is 0 Å². The molecule has 0 radical (unpaired) electrons. The molecule has 3 atom stereocenters. The number of fused-ring (bicyclic) bond motifs is 3. The molecule has 0 unspecified atom stereocenters. The average molecular weight is 515 g/mol. The normalized spacial score (nSPS) is 21.4. The zero-order chi connectivity index (χ0) is 27.2. The Bertz CT molecular complexity index is 1430. The van der Waals surface area contributed by atoms with Gasteiger partial charge in [-0.3, -0.25) is 14.4 Å². The Labute approximate surface area is 222 Å². The molecule has 2 aliphatic heterocycles. The predicted octanol–water partition coefficient (Wildman–Crippen LogP) is 3.73. The van der Waals surface area contributed by atoms with E-state index in [-0.39, 0.29) is 36.6 Å². The number of anilines is 1. The van der Waals surface area contributed by atoms with Gasteiger partial charge in [-0.2, -0.15) is 0 Å². The van der Waals surface area contributed by atoms with Gasteiger partial charge in [-0.15, -0.1) is 0 Å². The summed E-state index contributed by atoms with van der Waals surface area (Å²) in [6.07, 6.45) is 1.75. The topological polar surface area (TPSA) is 103 Å². The molecule has 3 heterocycles. The first-order chi connectivity index (χ1) is 18.2. The number of aromatic nitrogens is 1. The van der Waals surface area contributed by atoms with Crippen LogP contribution in [0.3, 0.4) is 0 Å². The second-order valence-electron chi connectivity index (χ2n) is 11.1. The maximum Gasteiger partial charge on any atom is 0.268 e. The third-order valence-corrected chi connectivity index (χ3v) is 8.05. The van der Waals surface area contributed by atoms with Gasteiger partial charge in [0.1, 0.15) is 18.0 Å². The van der Waals surface area contributed by atoms with E-state index in [1.54, 1.807) is 22.9 Å². The molecule has 2 N–H and O–H groups in total. The van der Waals surface area contributed by atoms with Gasteiger partial charge in [0.05, 0.1) is 5.41 Å². The SMILES string of the molecule is Cc1cccc2[nH]c(C(=O)N[C@@H](CC(C)C)C(=O)N3C[C@]4(C[C@H]3CC=O)C(=O)N(C)c3ccccc34)cc12. The number of rotatable bonds is 7. The van der Waals surface area contributed by atoms with Crippen LogP contribution in [-0.4, -0.2) is 59.6 Å². The first kappa shape index (κ1) is 25.7. The number of nitrogens with one attached hydrogen (secondary N) is 2. The molecule has 1 spiro atoms. The average Bonchev–Trinajstić information content (AvgIpc) is 3.55. The molecule has 8 nitrogen and oxygen atoms in total. The summed E-state index contributed by atoms with van der Waals surface area (Å²) in [4.78, 5) is 59.0. The van der Waals surface area contributed by atoms with Gasteiger partial charge in [0.25, 0.3) is 5.91 Å². The number of carbonyl (C=O) groups excluding carboxylic acids is 4. The summed E-state index contributed by atoms with van der Waals surface area (Å²) in [7, 11) is 1.75. The highest BCUT2D eigenvalue weighted by Crippen LogP contribution is 2.49. The van der Waals surface area contributed by atoms with Crippen molar-refractivity contribution in [3.63, 3.8) is 0 Å². The molecule has 0 saturated carbocycles. The van der Waals surface area contributed by atoms with Crippen molar-refractivity contribution < 1.29 is 19.2 Å². The number of hydrogen-bond acceptors (Lipinski definition) is 4. The van der Waals surface area contributed by atoms with Crippen LogP contribution in [0.5, 0.6) is 0 Å². The summed E-state index contributed by atoms with van der Waals surface area (Å²) in [6, 6.07) is 14.1. The van der Waals surface area contributed by atoms with Crippen molar-refractivity contribution in [2.45, 2.75) is 57.5 Å². The van der Waals surface area contributed by atoms with Gasteiger partial charge in [0.15, 0.2) is 0 Å². The molecule has 5 rings (SSSR count). The van der Waals surface area contributed by atoms with Crippen LogP contribution >= 0.6 is 0 Å². The lowest BCUT2D eigenvalue weighted by atomic mass is 9.79. The van der Waals surface area contributed by atoms with Crippen LogP contribution in [0.15, 0.2) is 48.5 Å². The summed E-state index contributed by atoms with van der Waals surface area (Å²) in [5.41, 5.74) is 3.12. The maximum absolute atomic E-state index is 14.1. The van der Waals surface area contributed by atoms with Crippen molar-refractivity contribution in [3.05, 3.63) is 65.4 Å². The van der Waals surface area contributed by atoms with Crippen LogP contribution in [0.2, 0.25) is 0 Å². The molecular weight excluding hydrogens is 480 g/mol. The van der Waals surface area contributed by atoms with Crippen LogP contribution in [-0.2, 0) is 19.8 Å². The Morgan fingerprint density at radius 3 is 2.66 bits per heavy atom. The highest BCUT2D eigenvalue weighted by atomic mass is 16.2. The Morgan fingerprint density at radius 1 is 1.18 bits per heavy atom. The number of likely N-dealkylation sites (tertiary alicyclic amines) is 1. The monoisotopic (exact) mass is 514 g/mol. The van der Waals surface area contributed by atoms with Crippen molar-refractivity contribution >= 4 is 40.6 Å². The maximum atomic E-state index is 14.1. The van der Waals surface area contributed by atoms with Gasteiger partial charge >= 0.3 is 0 Å². The van der Waals surface area contributed by atoms with Crippen molar-refractivity contribution in [2.75, 3.05) is 18.5 Å². The molecular formula is C30H34N4O4. The summed E-state index contributed by atoms with van der Waals surface area (Å²) in [6.45, 7) is 6.16. The van der Waals surface area contributed by atoms with Crippen LogP contribution in [0.1, 0.15) is 54.7 Å². The van der Waals surface area contributed by atoms with E-state index in [2.05, 4.69) is 10.3 Å². The van der Waals surface area contributed by atoms with E-state index < -0.39 is 17.5 Å². The van der Waals surface area contributed by atoms with E-state index >= 15 is 0 Å². The highest BCUT2D eigenvalue weighted by molar-refractivity contribution is 6.09. The van der Waals surface area contributed by atoms with E-state index in [0.717, 1.165) is 34.0 Å². The Morgan fingerprint density at radius 2 is 1.95 bits per heavy atom. The summed E-state index contributed by atoms with van der Waals surface area (Å²) in [5, 5.41) is 3.92. The van der Waals surface area contributed by atoms with Gasteiger partial charge < -0.3 is 24.9 Å². The number of aromatic amines is 1. The molecule has 198 valence electrons. The molecule has 3 amide bonds. The second-order valence-corrected chi connectivity index (χ2v) is 11.1. The molecule has 38 heavy (non-hydrogen) atoms. The van der Waals surface area contributed by atoms with Crippen LogP contribution < -0.4 is 10.2 Å². The van der Waals surface area contributed by atoms with E-state index in [4.69, 9.17) is 0 Å². The van der Waals surface area contributed by atoms with Crippen LogP contribution in [0.25, 0.3) is 10.9 Å². The van der Waals surface area contributed by atoms with Gasteiger partial charge in [-0.05, 0) is 55.0 Å². The number of aldehydes is 1. The van der Waals surface area contributed by atoms with E-state index in [0.29, 0.717) is 18.5 Å². The number of H-pyrrole nitrogens is 1. The van der Waals surface area contributed by atoms with E-state index in [9.17, 15) is 19.2 Å². The van der Waals surface area contributed by atoms with Crippen LogP contribution in [0, 0.1) is 12.8 Å². The van der Waals surface area contributed by atoms with Crippen LogP contribution in [0.4, 0.5) is 5.69 Å². The fraction of sp³-hybridized carbons (Fsp3) is 0.400. The van der Waals surface area contributed by atoms with Crippen molar-refractivity contribution in [3.8, 4) is 0 Å². The Kier molecular flexibility index (Phi) is 6.59. The molecule has 8 heteroatoms. The number of nitrogens with zero attached hydrogens (tertiary/aromatic N) is 2. The summed E-state index contributed by atoms with van der Waals surface area (Å²) >= 11 is 0. The highest BCUT2D eigenvalue weighted by Gasteiger charge is 2.57. The standard InChI is InChI=1S/C30H34N4O4/c1-18(2)14-25(32-27(36)24-15-21-19(3)8-7-10-23(21)31-24)28(37)34-17-30(16-20(34)12-13-35)22-9-5-6-11-26(22)33(4)29(30)38/h5-11,13,15,18,20,25,31H,12,14,16-17H2,1-4H3,(H,32,36)/t20-,25+,30+/m1/s1. The number of para-hydroxylation sites is 1. The largest absolute Gasteiger partial charge is 0.351 e. The minimum Gasteiger partial charge on any atom is -0.351 e. The molecule has 1 saturated heterocycles. The fourth-order valence-corrected chi connectivity index (χ4v) is 6.20. The first-order valence-electron chi connectivity index (χ1n) is 13.2. The third-order valence-electron chi connectivity index (χ3n) is 8.05. The third kappa shape index (κ3) is 4.18. The van der Waals surface area contributed by atoms with Gasteiger partial charge in [-0.25, -0.2) is 0 Å². The molecule has 1 fully saturated rings. The number of likely N-dealkylation sites (N-methyl/N-ethyl adjacent to an activating group) is 1. The summed E-state index contributed by atoms with van der Waals surface area (Å²) in [5.74, 6) is -0.552. The lowest BCUT2D eigenvalue weighted by molar-refractivity contribution is -0.135. The first-order valence-corrected chi connectivity index (χ1v) is 13.2. The van der Waals surface area contributed by atoms with E-state index in [1.807, 2.05) is 63.2 Å². The van der Waals surface area contributed by atoms with Crippen molar-refractivity contribution in [1.82, 2.24) is 15.2 Å². The zero-order valence-corrected chi connectivity index (χ0v) is 22.3. The number of aryl methyl sites for hydroxylation is 1. The fourth-order valence-electron chi connectivity index (χ4n) is 6.20. The van der Waals surface area contributed by atoms with Crippen molar-refractivity contribution in [2.24, 2.45) is 5.92 Å². The number of benzene rings is 2. The molecule has 1 aromatic heterocycles. The minimum atomic E-state index is -0.893. The molecule has 0 aliphatic carbocycles. The zero-order valence-electron chi connectivity index (χ0n) is 22.3. The molecule has 2 aromatic carbocycles. The van der Waals surface area contributed by atoms with Gasteiger partial charge in [0.2, 0.25) is 11.8 Å². The summed E-state index contributed by atoms with van der Waals surface area (Å²) < 4.78 is 0. The van der Waals surface area contributed by atoms with E-state index in [1.165, 1.54) is 0 Å². The predicted molar refractivity (Wildman–Crippen MR) is 146 cm³/mol. The van der Waals surface area contributed by atoms with Gasteiger partial charge in [0, 0.05) is 42.6 Å². The number of amides is 3. The molecule has 3 aromatic rings. The second kappa shape index (κ2) is 9.74. The minimum absolute atomic E-state index is 0.0669. The molecule has 0 bridgehead atoms. The number of hydrogen-bond donors (Lipinski definition) is 2.